The molecule has 1 aromatic heterocycles. The van der Waals surface area contributed by atoms with Crippen LogP contribution in [-0.4, -0.2) is 0 Å². The highest BCUT2D eigenvalue weighted by atomic mass is 79.9. The van der Waals surface area contributed by atoms with Crippen LogP contribution in [-0.2, 0) is 0 Å². The summed E-state index contributed by atoms with van der Waals surface area (Å²) in [5, 5.41) is -0.246. The molecule has 0 spiro atoms. The highest BCUT2D eigenvalue weighted by Crippen LogP contribution is 2.38. The second kappa shape index (κ2) is 5.34. The van der Waals surface area contributed by atoms with E-state index in [0.29, 0.717) is 4.67 Å². The fourth-order valence-electron chi connectivity index (χ4n) is 2.52. The number of benzene rings is 1. The Balaban J connectivity index is 2.63. The van der Waals surface area contributed by atoms with Gasteiger partial charge in [0.1, 0.15) is 11.1 Å². The Morgan fingerprint density at radius 3 is 1.79 bits per heavy atom. The Morgan fingerprint density at radius 2 is 1.37 bits per heavy atom. The fourth-order valence-corrected chi connectivity index (χ4v) is 3.28. The van der Waals surface area contributed by atoms with Crippen molar-refractivity contribution in [3.05, 3.63) is 55.9 Å². The molecule has 1 nitrogen and oxygen atoms in total. The molecule has 102 valence electrons. The van der Waals surface area contributed by atoms with Crippen molar-refractivity contribution in [1.29, 1.82) is 0 Å². The molecule has 0 N–H and O–H groups in total. The third kappa shape index (κ3) is 2.48. The van der Waals surface area contributed by atoms with Crippen molar-refractivity contribution in [2.24, 2.45) is 0 Å². The zero-order chi connectivity index (χ0) is 14.3. The molecular formula is C16H18BrClO. The first-order valence-corrected chi connectivity index (χ1v) is 7.53. The van der Waals surface area contributed by atoms with Gasteiger partial charge < -0.3 is 4.42 Å². The van der Waals surface area contributed by atoms with Gasteiger partial charge in [0.05, 0.1) is 0 Å². The quantitative estimate of drug-likeness (QED) is 0.619. The number of alkyl halides is 1. The van der Waals surface area contributed by atoms with Crippen molar-refractivity contribution >= 4 is 27.5 Å². The van der Waals surface area contributed by atoms with E-state index in [1.54, 1.807) is 0 Å². The smallest absolute Gasteiger partial charge is 0.169 e. The summed E-state index contributed by atoms with van der Waals surface area (Å²) in [4.78, 5) is 0. The van der Waals surface area contributed by atoms with E-state index in [-0.39, 0.29) is 5.38 Å². The van der Waals surface area contributed by atoms with Gasteiger partial charge in [-0.25, -0.2) is 0 Å². The van der Waals surface area contributed by atoms with Crippen molar-refractivity contribution in [3.63, 3.8) is 0 Å². The lowest BCUT2D eigenvalue weighted by atomic mass is 9.87. The molecular weight excluding hydrogens is 324 g/mol. The fraction of sp³-hybridized carbons (Fsp3) is 0.375. The molecule has 0 bridgehead atoms. The minimum atomic E-state index is -0.246. The van der Waals surface area contributed by atoms with E-state index in [0.717, 1.165) is 5.76 Å². The molecule has 0 fully saturated rings. The zero-order valence-electron chi connectivity index (χ0n) is 11.9. The van der Waals surface area contributed by atoms with Crippen LogP contribution < -0.4 is 0 Å². The van der Waals surface area contributed by atoms with Crippen LogP contribution in [0.25, 0.3) is 0 Å². The van der Waals surface area contributed by atoms with Gasteiger partial charge in [0.25, 0.3) is 0 Å². The summed E-state index contributed by atoms with van der Waals surface area (Å²) in [5.74, 6) is 0.780. The van der Waals surface area contributed by atoms with E-state index >= 15 is 0 Å². The molecule has 2 rings (SSSR count). The first-order valence-electron chi connectivity index (χ1n) is 6.30. The van der Waals surface area contributed by atoms with E-state index in [4.69, 9.17) is 16.0 Å². The molecule has 1 aromatic carbocycles. The maximum atomic E-state index is 6.64. The van der Waals surface area contributed by atoms with Gasteiger partial charge >= 0.3 is 0 Å². The zero-order valence-corrected chi connectivity index (χ0v) is 14.2. The Kier molecular flexibility index (Phi) is 4.12. The van der Waals surface area contributed by atoms with Crippen molar-refractivity contribution < 1.29 is 4.42 Å². The van der Waals surface area contributed by atoms with Crippen molar-refractivity contribution in [2.75, 3.05) is 0 Å². The van der Waals surface area contributed by atoms with Crippen molar-refractivity contribution in [2.45, 2.75) is 40.0 Å². The minimum absolute atomic E-state index is 0.246. The number of halogens is 2. The van der Waals surface area contributed by atoms with E-state index in [9.17, 15) is 0 Å². The van der Waals surface area contributed by atoms with Gasteiger partial charge in [0.2, 0.25) is 0 Å². The lowest BCUT2D eigenvalue weighted by molar-refractivity contribution is 0.493. The molecule has 0 saturated heterocycles. The van der Waals surface area contributed by atoms with E-state index < -0.39 is 0 Å². The minimum Gasteiger partial charge on any atom is -0.452 e. The average Bonchev–Trinajstić information content (AvgIpc) is 2.81. The first kappa shape index (κ1) is 14.7. The molecule has 0 saturated carbocycles. The predicted octanol–water partition coefficient (Wildman–Crippen LogP) is 5.91. The monoisotopic (exact) mass is 340 g/mol. The summed E-state index contributed by atoms with van der Waals surface area (Å²) < 4.78 is 6.32. The van der Waals surface area contributed by atoms with Crippen molar-refractivity contribution in [3.8, 4) is 0 Å². The van der Waals surface area contributed by atoms with Crippen LogP contribution in [0.15, 0.2) is 21.2 Å². The molecule has 2 aromatic rings. The van der Waals surface area contributed by atoms with Gasteiger partial charge in [-0.1, -0.05) is 0 Å². The van der Waals surface area contributed by atoms with Gasteiger partial charge in [-0.2, -0.15) is 0 Å². The highest BCUT2D eigenvalue weighted by Gasteiger charge is 2.22. The van der Waals surface area contributed by atoms with Gasteiger partial charge in [0, 0.05) is 0 Å². The van der Waals surface area contributed by atoms with Crippen LogP contribution in [0.4, 0.5) is 0 Å². The Morgan fingerprint density at radius 1 is 0.895 bits per heavy atom. The van der Waals surface area contributed by atoms with Gasteiger partial charge in [-0.3, -0.25) is 0 Å². The van der Waals surface area contributed by atoms with Gasteiger partial charge in [-0.05, 0) is 96.1 Å². The van der Waals surface area contributed by atoms with Gasteiger partial charge in [0.15, 0.2) is 4.67 Å². The maximum Gasteiger partial charge on any atom is 0.169 e. The second-order valence-electron chi connectivity index (χ2n) is 5.04. The van der Waals surface area contributed by atoms with Crippen molar-refractivity contribution in [1.82, 2.24) is 0 Å². The average molecular weight is 342 g/mol. The Bertz CT molecular complexity index is 599. The molecule has 0 aliphatic rings. The third-order valence-electron chi connectivity index (χ3n) is 4.16. The van der Waals surface area contributed by atoms with Crippen LogP contribution in [0.2, 0.25) is 0 Å². The van der Waals surface area contributed by atoms with Crippen LogP contribution >= 0.6 is 27.5 Å². The number of hydrogen-bond donors (Lipinski definition) is 0. The van der Waals surface area contributed by atoms with Crippen LogP contribution in [0.5, 0.6) is 0 Å². The molecule has 0 radical (unpaired) electrons. The SMILES string of the molecule is Cc1c(C)c(C)c(C(Cl)c2ccc(Br)o2)c(C)c1C. The summed E-state index contributed by atoms with van der Waals surface area (Å²) in [6.45, 7) is 10.8. The molecule has 0 aliphatic heterocycles. The Hall–Kier alpha value is -0.730. The van der Waals surface area contributed by atoms with Crippen LogP contribution in [0.1, 0.15) is 44.5 Å². The van der Waals surface area contributed by atoms with E-state index in [1.165, 1.54) is 33.4 Å². The number of furan rings is 1. The summed E-state index contributed by atoms with van der Waals surface area (Å²) in [5.41, 5.74) is 7.66. The predicted molar refractivity (Wildman–Crippen MR) is 84.2 cm³/mol. The molecule has 1 atom stereocenters. The van der Waals surface area contributed by atoms with E-state index in [1.807, 2.05) is 12.1 Å². The largest absolute Gasteiger partial charge is 0.452 e. The third-order valence-corrected chi connectivity index (χ3v) is 5.01. The summed E-state index contributed by atoms with van der Waals surface area (Å²) in [6, 6.07) is 3.80. The normalized spacial score (nSPS) is 12.8. The summed E-state index contributed by atoms with van der Waals surface area (Å²) in [7, 11) is 0. The lowest BCUT2D eigenvalue weighted by Crippen LogP contribution is -2.05. The second-order valence-corrected chi connectivity index (χ2v) is 6.26. The van der Waals surface area contributed by atoms with E-state index in [2.05, 4.69) is 50.5 Å². The van der Waals surface area contributed by atoms with Crippen LogP contribution in [0, 0.1) is 34.6 Å². The lowest BCUT2D eigenvalue weighted by Gasteiger charge is -2.21. The maximum absolute atomic E-state index is 6.64. The Labute approximate surface area is 128 Å². The first-order chi connectivity index (χ1) is 8.84. The highest BCUT2D eigenvalue weighted by molar-refractivity contribution is 9.10. The summed E-state index contributed by atoms with van der Waals surface area (Å²) >= 11 is 9.96. The molecule has 0 amide bonds. The topological polar surface area (TPSA) is 13.1 Å². The molecule has 0 aliphatic carbocycles. The molecule has 1 unspecified atom stereocenters. The standard InChI is InChI=1S/C16H18BrClO/c1-8-9(2)11(4)15(12(5)10(8)3)16(18)13-6-7-14(17)19-13/h6-7,16H,1-5H3. The summed E-state index contributed by atoms with van der Waals surface area (Å²) in [6.07, 6.45) is 0. The molecule has 1 heterocycles. The van der Waals surface area contributed by atoms with Gasteiger partial charge in [-0.15, -0.1) is 11.6 Å². The molecule has 19 heavy (non-hydrogen) atoms. The number of rotatable bonds is 2. The number of hydrogen-bond acceptors (Lipinski definition) is 1. The van der Waals surface area contributed by atoms with Crippen LogP contribution in [0.3, 0.4) is 0 Å². The molecule has 3 heteroatoms.